The van der Waals surface area contributed by atoms with Gasteiger partial charge in [0.05, 0.1) is 24.3 Å². The number of carbonyl (C=O) groups is 1. The molecule has 0 unspecified atom stereocenters. The van der Waals surface area contributed by atoms with Crippen LogP contribution in [0.1, 0.15) is 54.7 Å². The number of benzene rings is 1. The third kappa shape index (κ3) is 5.08. The van der Waals surface area contributed by atoms with Crippen molar-refractivity contribution in [1.29, 1.82) is 5.26 Å². The van der Waals surface area contributed by atoms with Gasteiger partial charge in [0.15, 0.2) is 0 Å². The van der Waals surface area contributed by atoms with Gasteiger partial charge in [-0.15, -0.1) is 11.3 Å². The molecule has 2 aliphatic rings. The molecule has 1 aliphatic carbocycles. The van der Waals surface area contributed by atoms with Crippen LogP contribution in [0.5, 0.6) is 0 Å². The lowest BCUT2D eigenvalue weighted by Crippen LogP contribution is -2.32. The Morgan fingerprint density at radius 3 is 2.87 bits per heavy atom. The molecule has 0 spiro atoms. The molecule has 1 saturated heterocycles. The molecule has 2 heterocycles. The number of rotatable bonds is 4. The highest BCUT2D eigenvalue weighted by Gasteiger charge is 2.31. The number of hydrogen-bond acceptors (Lipinski definition) is 6. The highest BCUT2D eigenvalue weighted by molar-refractivity contribution is 7.75. The first-order valence-electron chi connectivity index (χ1n) is 10.6. The Labute approximate surface area is 194 Å². The molecule has 31 heavy (non-hydrogen) atoms. The van der Waals surface area contributed by atoms with Gasteiger partial charge in [0.25, 0.3) is 6.47 Å². The predicted octanol–water partition coefficient (Wildman–Crippen LogP) is 5.64. The van der Waals surface area contributed by atoms with E-state index in [2.05, 4.69) is 56.8 Å². The maximum atomic E-state index is 9.51. The van der Waals surface area contributed by atoms with Crippen LogP contribution in [0.4, 0.5) is 5.69 Å². The van der Waals surface area contributed by atoms with E-state index >= 15 is 0 Å². The lowest BCUT2D eigenvalue weighted by molar-refractivity contribution is -0.122. The molecule has 1 N–H and O–H groups in total. The molecule has 0 radical (unpaired) electrons. The topological polar surface area (TPSA) is 73.6 Å². The number of nitrogens with zero attached hydrogens (tertiary/aromatic N) is 2. The van der Waals surface area contributed by atoms with Crippen LogP contribution in [0.3, 0.4) is 0 Å². The lowest BCUT2D eigenvalue weighted by atomic mass is 9.76. The van der Waals surface area contributed by atoms with Gasteiger partial charge in [-0.05, 0) is 86.7 Å². The van der Waals surface area contributed by atoms with E-state index in [1.807, 2.05) is 17.4 Å². The van der Waals surface area contributed by atoms with Gasteiger partial charge >= 0.3 is 0 Å². The zero-order chi connectivity index (χ0) is 22.6. The molecule has 2 aromatic rings. The summed E-state index contributed by atoms with van der Waals surface area (Å²) in [4.78, 5) is 13.7. The summed E-state index contributed by atoms with van der Waals surface area (Å²) in [6, 6.07) is 8.84. The zero-order valence-corrected chi connectivity index (χ0v) is 20.1. The van der Waals surface area contributed by atoms with Crippen molar-refractivity contribution in [2.75, 3.05) is 18.1 Å². The summed E-state index contributed by atoms with van der Waals surface area (Å²) in [6.07, 6.45) is 5.85. The average molecular weight is 459 g/mol. The van der Waals surface area contributed by atoms with Gasteiger partial charge in [-0.3, -0.25) is 4.79 Å². The van der Waals surface area contributed by atoms with Crippen LogP contribution >= 0.6 is 24.2 Å². The molecule has 1 fully saturated rings. The van der Waals surface area contributed by atoms with E-state index < -0.39 is 0 Å². The minimum Gasteiger partial charge on any atom is -0.483 e. The van der Waals surface area contributed by atoms with Crippen LogP contribution in [-0.2, 0) is 21.8 Å². The molecule has 1 atom stereocenters. The van der Waals surface area contributed by atoms with E-state index in [1.54, 1.807) is 5.56 Å². The summed E-state index contributed by atoms with van der Waals surface area (Å²) in [6.45, 7) is 8.42. The number of carboxylic acid groups (broad SMARTS) is 1. The zero-order valence-electron chi connectivity index (χ0n) is 18.4. The van der Waals surface area contributed by atoms with Crippen LogP contribution in [0, 0.1) is 23.7 Å². The standard InChI is InChI=1S/C23H28N2OS2.CH2O2/c1-15-19-12-23(2,3)9-8-21(19)28-22(15)18-11-16(13-24)6-7-20(18)25-10-4-5-17(25)14-26-27;2-1-3/h6-7,11,17,27H,4-5,8-10,12,14H2,1-3H3;1H,(H,2,3)/t17-;/m0./s1. The number of thiol groups is 1. The monoisotopic (exact) mass is 458 g/mol. The normalized spacial score (nSPS) is 19.2. The van der Waals surface area contributed by atoms with Crippen molar-refractivity contribution in [3.63, 3.8) is 0 Å². The van der Waals surface area contributed by atoms with Crippen LogP contribution in [0.2, 0.25) is 0 Å². The van der Waals surface area contributed by atoms with Gasteiger partial charge in [-0.25, -0.2) is 0 Å². The van der Waals surface area contributed by atoms with Crippen molar-refractivity contribution >= 4 is 36.4 Å². The van der Waals surface area contributed by atoms with E-state index in [-0.39, 0.29) is 6.47 Å². The second kappa shape index (κ2) is 10.1. The quantitative estimate of drug-likeness (QED) is 0.352. The third-order valence-corrected chi connectivity index (χ3v) is 7.94. The van der Waals surface area contributed by atoms with Gasteiger partial charge in [-0.1, -0.05) is 13.8 Å². The van der Waals surface area contributed by atoms with Crippen molar-refractivity contribution in [3.8, 4) is 16.5 Å². The number of anilines is 1. The second-order valence-electron chi connectivity index (χ2n) is 9.03. The SMILES string of the molecule is Cc1c(-c2cc(C#N)ccc2N2CCC[C@H]2COS)sc2c1CC(C)(C)CC2.O=CO. The van der Waals surface area contributed by atoms with Crippen molar-refractivity contribution in [3.05, 3.63) is 39.8 Å². The molecule has 4 rings (SSSR count). The fourth-order valence-corrected chi connectivity index (χ4v) is 6.29. The molecule has 1 aromatic heterocycles. The Bertz CT molecular complexity index is 978. The Balaban J connectivity index is 0.000000858. The number of thiophene rings is 1. The summed E-state index contributed by atoms with van der Waals surface area (Å²) < 4.78 is 5.18. The fraction of sp³-hybridized carbons (Fsp3) is 0.500. The average Bonchev–Trinajstić information content (AvgIpc) is 3.32. The molecule has 0 bridgehead atoms. The highest BCUT2D eigenvalue weighted by atomic mass is 32.1. The molecule has 166 valence electrons. The van der Waals surface area contributed by atoms with Gasteiger partial charge in [0.1, 0.15) is 0 Å². The first-order valence-corrected chi connectivity index (χ1v) is 11.8. The van der Waals surface area contributed by atoms with Crippen molar-refractivity contribution in [2.24, 2.45) is 5.41 Å². The lowest BCUT2D eigenvalue weighted by Gasteiger charge is -2.29. The van der Waals surface area contributed by atoms with Gasteiger partial charge < -0.3 is 14.2 Å². The summed E-state index contributed by atoms with van der Waals surface area (Å²) in [5.41, 5.74) is 6.49. The molecule has 7 heteroatoms. The van der Waals surface area contributed by atoms with Crippen LogP contribution < -0.4 is 4.90 Å². The second-order valence-corrected chi connectivity index (χ2v) is 10.4. The number of fused-ring (bicyclic) bond motifs is 1. The van der Waals surface area contributed by atoms with E-state index in [0.29, 0.717) is 18.1 Å². The van der Waals surface area contributed by atoms with Gasteiger partial charge in [0, 0.05) is 27.5 Å². The van der Waals surface area contributed by atoms with Gasteiger partial charge in [-0.2, -0.15) is 5.26 Å². The molecule has 0 saturated carbocycles. The van der Waals surface area contributed by atoms with Crippen LogP contribution in [-0.4, -0.2) is 30.8 Å². The van der Waals surface area contributed by atoms with Crippen molar-refractivity contribution in [1.82, 2.24) is 0 Å². The predicted molar refractivity (Wildman–Crippen MR) is 129 cm³/mol. The molecular formula is C24H30N2O3S2. The maximum absolute atomic E-state index is 9.51. The van der Waals surface area contributed by atoms with E-state index in [1.165, 1.54) is 39.4 Å². The van der Waals surface area contributed by atoms with E-state index in [4.69, 9.17) is 14.1 Å². The Hall–Kier alpha value is -2.01. The highest BCUT2D eigenvalue weighted by Crippen LogP contribution is 2.47. The third-order valence-electron chi connectivity index (χ3n) is 6.36. The first kappa shape index (κ1) is 23.6. The fourth-order valence-electron chi connectivity index (χ4n) is 4.77. The number of aryl methyl sites for hydroxylation is 1. The summed E-state index contributed by atoms with van der Waals surface area (Å²) >= 11 is 5.93. The van der Waals surface area contributed by atoms with Crippen LogP contribution in [0.15, 0.2) is 18.2 Å². The summed E-state index contributed by atoms with van der Waals surface area (Å²) in [5.74, 6) is 0. The first-order chi connectivity index (χ1) is 14.8. The Morgan fingerprint density at radius 2 is 2.19 bits per heavy atom. The molecule has 1 aliphatic heterocycles. The maximum Gasteiger partial charge on any atom is 0.290 e. The minimum absolute atomic E-state index is 0.250. The molecule has 0 amide bonds. The van der Waals surface area contributed by atoms with Crippen LogP contribution in [0.25, 0.3) is 10.4 Å². The Morgan fingerprint density at radius 1 is 1.45 bits per heavy atom. The summed E-state index contributed by atoms with van der Waals surface area (Å²) in [5, 5.41) is 16.4. The van der Waals surface area contributed by atoms with E-state index in [9.17, 15) is 5.26 Å². The molecule has 1 aromatic carbocycles. The largest absolute Gasteiger partial charge is 0.483 e. The van der Waals surface area contributed by atoms with Crippen molar-refractivity contribution < 1.29 is 14.1 Å². The Kier molecular flexibility index (Phi) is 7.68. The summed E-state index contributed by atoms with van der Waals surface area (Å²) in [7, 11) is 0. The molecule has 5 nitrogen and oxygen atoms in total. The minimum atomic E-state index is -0.250. The van der Waals surface area contributed by atoms with E-state index in [0.717, 1.165) is 31.4 Å². The van der Waals surface area contributed by atoms with Crippen molar-refractivity contribution in [2.45, 2.75) is 58.9 Å². The smallest absolute Gasteiger partial charge is 0.290 e. The molecular weight excluding hydrogens is 428 g/mol. The number of hydrogen-bond donors (Lipinski definition) is 2. The number of nitriles is 1. The van der Waals surface area contributed by atoms with Gasteiger partial charge in [0.2, 0.25) is 0 Å².